The second-order valence-electron chi connectivity index (χ2n) is 10.9. The molecule has 0 spiro atoms. The Kier molecular flexibility index (Phi) is 4.21. The number of hydrogen-bond acceptors (Lipinski definition) is 4. The smallest absolute Gasteiger partial charge is 0.164 e. The minimum atomic E-state index is -0.842. The number of fused-ring (bicyclic) bond motifs is 3. The van der Waals surface area contributed by atoms with Crippen LogP contribution in [0.15, 0.2) is 180 Å². The minimum Gasteiger partial charge on any atom is -0.456 e. The number of benzene rings is 7. The van der Waals surface area contributed by atoms with Crippen LogP contribution < -0.4 is 0 Å². The Labute approximate surface area is 305 Å². The second-order valence-corrected chi connectivity index (χ2v) is 10.9. The van der Waals surface area contributed by atoms with Gasteiger partial charge in [0.25, 0.3) is 0 Å². The first-order chi connectivity index (χ1) is 30.5. The van der Waals surface area contributed by atoms with Gasteiger partial charge in [-0.25, -0.2) is 15.0 Å². The third-order valence-corrected chi connectivity index (χ3v) is 7.78. The number of nitrogens with zero attached hydrogens (tertiary/aromatic N) is 3. The molecule has 4 nitrogen and oxygen atoms in total. The first-order valence-electron chi connectivity index (χ1n) is 22.6. The van der Waals surface area contributed by atoms with Crippen molar-refractivity contribution in [2.45, 2.75) is 0 Å². The van der Waals surface area contributed by atoms with E-state index in [0.29, 0.717) is 11.1 Å². The molecule has 7 aromatic carbocycles. The highest BCUT2D eigenvalue weighted by molar-refractivity contribution is 6.05. The Morgan fingerprint density at radius 1 is 0.347 bits per heavy atom. The maximum Gasteiger partial charge on any atom is 0.164 e. The summed E-state index contributed by atoms with van der Waals surface area (Å²) in [5.41, 5.74) is -0.566. The first-order valence-corrected chi connectivity index (χ1v) is 15.1. The van der Waals surface area contributed by atoms with Gasteiger partial charge in [0.1, 0.15) is 11.2 Å². The number of para-hydroxylation sites is 1. The van der Waals surface area contributed by atoms with Crippen LogP contribution in [0.3, 0.4) is 0 Å². The van der Waals surface area contributed by atoms with Gasteiger partial charge in [0.15, 0.2) is 17.5 Å². The number of hydrogen-bond donors (Lipinski definition) is 0. The van der Waals surface area contributed by atoms with Gasteiger partial charge in [0.05, 0.1) is 20.6 Å². The van der Waals surface area contributed by atoms with Crippen LogP contribution in [-0.2, 0) is 0 Å². The van der Waals surface area contributed by atoms with E-state index in [0.717, 1.165) is 11.1 Å². The van der Waals surface area contributed by atoms with Gasteiger partial charge in [0, 0.05) is 27.5 Å². The molecule has 0 bridgehead atoms. The predicted molar refractivity (Wildman–Crippen MR) is 200 cm³/mol. The summed E-state index contributed by atoms with van der Waals surface area (Å²) >= 11 is 0. The molecule has 0 saturated heterocycles. The summed E-state index contributed by atoms with van der Waals surface area (Å²) in [6.07, 6.45) is 0. The zero-order valence-corrected chi connectivity index (χ0v) is 25.3. The van der Waals surface area contributed by atoms with Crippen LogP contribution >= 0.6 is 0 Å². The molecule has 0 unspecified atom stereocenters. The molecule has 0 amide bonds. The summed E-state index contributed by atoms with van der Waals surface area (Å²) in [6.45, 7) is 0. The molecule has 2 heterocycles. The molecule has 0 N–H and O–H groups in total. The third kappa shape index (κ3) is 5.56. The standard InChI is InChI=1S/C45H29N3O/c1-3-11-30(12-4-1)31-21-23-33(24-22-31)44-46-43(32-13-5-2-6-14-32)47-45(48-44)38-18-10-17-36(28-38)34-15-9-16-35(27-34)37-25-26-40-39-19-7-8-20-41(39)49-42(40)29-37/h1-29H/i7D,8D,9D,10D,15D,16D,17D,18D,19D,20D,25D,26D,27D,28D,29D. The second kappa shape index (κ2) is 12.2. The lowest BCUT2D eigenvalue weighted by atomic mass is 9.97. The van der Waals surface area contributed by atoms with Gasteiger partial charge in [0.2, 0.25) is 0 Å². The van der Waals surface area contributed by atoms with Crippen LogP contribution in [0.25, 0.3) is 89.5 Å². The van der Waals surface area contributed by atoms with E-state index >= 15 is 0 Å². The molecular weight excluding hydrogens is 599 g/mol. The van der Waals surface area contributed by atoms with Crippen LogP contribution in [0.4, 0.5) is 0 Å². The molecule has 0 aliphatic heterocycles. The quantitative estimate of drug-likeness (QED) is 0.181. The van der Waals surface area contributed by atoms with Crippen molar-refractivity contribution in [3.8, 4) is 67.5 Å². The predicted octanol–water partition coefficient (Wildman–Crippen LogP) is 11.8. The fourth-order valence-electron chi connectivity index (χ4n) is 5.37. The number of furan rings is 1. The topological polar surface area (TPSA) is 51.8 Å². The molecule has 0 fully saturated rings. The summed E-state index contributed by atoms with van der Waals surface area (Å²) in [6, 6.07) is 15.3. The summed E-state index contributed by atoms with van der Waals surface area (Å²) in [7, 11) is 0. The van der Waals surface area contributed by atoms with Crippen molar-refractivity contribution in [1.82, 2.24) is 15.0 Å². The normalized spacial score (nSPS) is 15.6. The van der Waals surface area contributed by atoms with Gasteiger partial charge in [-0.2, -0.15) is 0 Å². The molecule has 0 aliphatic rings. The molecule has 2 aromatic heterocycles. The van der Waals surface area contributed by atoms with Crippen molar-refractivity contribution in [3.05, 3.63) is 176 Å². The number of rotatable bonds is 6. The Bertz CT molecular complexity index is 3440. The molecule has 9 aromatic rings. The highest BCUT2D eigenvalue weighted by atomic mass is 16.3. The lowest BCUT2D eigenvalue weighted by Gasteiger charge is -2.11. The largest absolute Gasteiger partial charge is 0.456 e. The van der Waals surface area contributed by atoms with E-state index in [9.17, 15) is 4.11 Å². The monoisotopic (exact) mass is 642 g/mol. The van der Waals surface area contributed by atoms with Crippen LogP contribution in [0.5, 0.6) is 0 Å². The van der Waals surface area contributed by atoms with E-state index in [-0.39, 0.29) is 39.4 Å². The van der Waals surface area contributed by atoms with Gasteiger partial charge in [-0.1, -0.05) is 145 Å². The van der Waals surface area contributed by atoms with Crippen molar-refractivity contribution in [3.63, 3.8) is 0 Å². The van der Waals surface area contributed by atoms with Gasteiger partial charge >= 0.3 is 0 Å². The maximum atomic E-state index is 9.55. The molecule has 0 aliphatic carbocycles. The molecular formula is C45H29N3O. The number of aromatic nitrogens is 3. The van der Waals surface area contributed by atoms with Crippen molar-refractivity contribution in [1.29, 1.82) is 0 Å². The average molecular weight is 643 g/mol. The fourth-order valence-corrected chi connectivity index (χ4v) is 5.37. The first kappa shape index (κ1) is 17.0. The molecule has 230 valence electrons. The van der Waals surface area contributed by atoms with Crippen molar-refractivity contribution < 1.29 is 25.0 Å². The summed E-state index contributed by atoms with van der Waals surface area (Å²) < 4.78 is 139. The maximum absolute atomic E-state index is 9.55. The van der Waals surface area contributed by atoms with Crippen molar-refractivity contribution in [2.75, 3.05) is 0 Å². The Morgan fingerprint density at radius 2 is 0.816 bits per heavy atom. The van der Waals surface area contributed by atoms with Gasteiger partial charge < -0.3 is 4.42 Å². The van der Waals surface area contributed by atoms with Crippen molar-refractivity contribution >= 4 is 21.9 Å². The molecule has 0 saturated carbocycles. The summed E-state index contributed by atoms with van der Waals surface area (Å²) in [5, 5.41) is -0.526. The average Bonchev–Trinajstić information content (AvgIpc) is 3.72. The molecule has 0 radical (unpaired) electrons. The lowest BCUT2D eigenvalue weighted by molar-refractivity contribution is 0.669. The minimum absolute atomic E-state index is 0.146. The van der Waals surface area contributed by atoms with Crippen LogP contribution in [0.1, 0.15) is 20.6 Å². The van der Waals surface area contributed by atoms with Gasteiger partial charge in [-0.3, -0.25) is 0 Å². The molecule has 9 rings (SSSR count). The molecule has 4 heteroatoms. The van der Waals surface area contributed by atoms with Crippen LogP contribution in [0.2, 0.25) is 0 Å². The SMILES string of the molecule is [2H]c1c([2H])c(-c2nc(-c3ccccc3)nc(-c3ccc(-c4ccccc4)cc3)n2)c([2H])c(-c2c([2H])c([2H])c([2H])c(-c3c([2H])c([2H])c4c(oc5c([2H])c([2H])c([2H])c([2H])c54)c3[2H])c2[2H])c1[2H]. The van der Waals surface area contributed by atoms with Crippen molar-refractivity contribution in [2.24, 2.45) is 0 Å². The van der Waals surface area contributed by atoms with Crippen LogP contribution in [-0.4, -0.2) is 15.0 Å². The zero-order valence-electron chi connectivity index (χ0n) is 40.3. The van der Waals surface area contributed by atoms with E-state index in [1.807, 2.05) is 42.5 Å². The highest BCUT2D eigenvalue weighted by Gasteiger charge is 2.14. The Balaban J connectivity index is 1.29. The van der Waals surface area contributed by atoms with Gasteiger partial charge in [-0.15, -0.1) is 0 Å². The highest BCUT2D eigenvalue weighted by Crippen LogP contribution is 2.34. The third-order valence-electron chi connectivity index (χ3n) is 7.78. The Hall–Kier alpha value is -6.65. The zero-order chi connectivity index (χ0) is 45.6. The van der Waals surface area contributed by atoms with E-state index in [2.05, 4.69) is 9.97 Å². The fraction of sp³-hybridized carbons (Fsp3) is 0. The van der Waals surface area contributed by atoms with E-state index < -0.39 is 118 Å². The summed E-state index contributed by atoms with van der Waals surface area (Å²) in [4.78, 5) is 14.0. The van der Waals surface area contributed by atoms with Crippen LogP contribution in [0, 0.1) is 0 Å². The van der Waals surface area contributed by atoms with Gasteiger partial charge in [-0.05, 0) is 63.6 Å². The molecule has 0 atom stereocenters. The summed E-state index contributed by atoms with van der Waals surface area (Å²) in [5.74, 6) is 0.0536. The molecule has 49 heavy (non-hydrogen) atoms. The lowest BCUT2D eigenvalue weighted by Crippen LogP contribution is -2.00. The van der Waals surface area contributed by atoms with E-state index in [1.165, 1.54) is 0 Å². The Morgan fingerprint density at radius 3 is 1.49 bits per heavy atom. The van der Waals surface area contributed by atoms with E-state index in [1.54, 1.807) is 42.5 Å². The van der Waals surface area contributed by atoms with E-state index in [4.69, 9.17) is 25.9 Å².